The van der Waals surface area contributed by atoms with Crippen LogP contribution in [0.25, 0.3) is 10.8 Å². The van der Waals surface area contributed by atoms with Gasteiger partial charge in [-0.25, -0.2) is 0 Å². The Morgan fingerprint density at radius 1 is 1.29 bits per heavy atom. The molecule has 0 unspecified atom stereocenters. The largest absolute Gasteiger partial charge is 0.618 e. The molecule has 1 aromatic heterocycles. The molecule has 90 valence electrons. The molecule has 0 saturated carbocycles. The van der Waals surface area contributed by atoms with Gasteiger partial charge >= 0.3 is 0 Å². The van der Waals surface area contributed by atoms with Crippen LogP contribution in [-0.2, 0) is 6.42 Å². The number of ether oxygens (including phenoxy) is 1. The Bertz CT molecular complexity index is 576. The summed E-state index contributed by atoms with van der Waals surface area (Å²) in [5.74, 6) is 0.871. The highest BCUT2D eigenvalue weighted by atomic mass is 16.5. The molecule has 2 rings (SSSR count). The summed E-state index contributed by atoms with van der Waals surface area (Å²) >= 11 is 0. The fourth-order valence-corrected chi connectivity index (χ4v) is 2.15. The lowest BCUT2D eigenvalue weighted by atomic mass is 10.0. The van der Waals surface area contributed by atoms with E-state index in [0.717, 1.165) is 44.5 Å². The van der Waals surface area contributed by atoms with E-state index >= 15 is 0 Å². The van der Waals surface area contributed by atoms with Crippen molar-refractivity contribution in [3.05, 3.63) is 40.4 Å². The van der Waals surface area contributed by atoms with E-state index in [0.29, 0.717) is 0 Å². The van der Waals surface area contributed by atoms with Gasteiger partial charge < -0.3 is 9.94 Å². The predicted octanol–water partition coefficient (Wildman–Crippen LogP) is 2.66. The standard InChI is InChI=1S/C14H17NO2/c1-5-12-7-13-11(8-15(12)16)6-9(2)10(3)14(13)17-4/h6-8H,5H2,1-4H3. The molecule has 0 bridgehead atoms. The minimum atomic E-state index is 0.718. The molecule has 0 aliphatic rings. The number of hydrogen-bond acceptors (Lipinski definition) is 2. The van der Waals surface area contributed by atoms with Gasteiger partial charge in [-0.1, -0.05) is 6.92 Å². The Hall–Kier alpha value is -1.77. The molecule has 0 spiro atoms. The molecule has 17 heavy (non-hydrogen) atoms. The second kappa shape index (κ2) is 4.24. The Kier molecular flexibility index (Phi) is 2.92. The van der Waals surface area contributed by atoms with Gasteiger partial charge in [-0.05, 0) is 31.0 Å². The lowest BCUT2D eigenvalue weighted by molar-refractivity contribution is -0.612. The van der Waals surface area contributed by atoms with Crippen molar-refractivity contribution in [2.45, 2.75) is 27.2 Å². The summed E-state index contributed by atoms with van der Waals surface area (Å²) in [5, 5.41) is 13.7. The average Bonchev–Trinajstić information content (AvgIpc) is 2.31. The molecule has 1 heterocycles. The van der Waals surface area contributed by atoms with E-state index in [1.807, 2.05) is 32.9 Å². The first-order valence-electron chi connectivity index (χ1n) is 5.78. The molecule has 0 aliphatic heterocycles. The molecule has 3 heteroatoms. The number of hydrogen-bond donors (Lipinski definition) is 0. The number of pyridine rings is 1. The van der Waals surface area contributed by atoms with E-state index in [9.17, 15) is 5.21 Å². The van der Waals surface area contributed by atoms with Crippen LogP contribution in [0.3, 0.4) is 0 Å². The van der Waals surface area contributed by atoms with Gasteiger partial charge in [0.25, 0.3) is 0 Å². The molecule has 0 amide bonds. The zero-order valence-electron chi connectivity index (χ0n) is 10.7. The highest BCUT2D eigenvalue weighted by Crippen LogP contribution is 2.31. The monoisotopic (exact) mass is 231 g/mol. The molecule has 0 aliphatic carbocycles. The number of aromatic nitrogens is 1. The fourth-order valence-electron chi connectivity index (χ4n) is 2.15. The average molecular weight is 231 g/mol. The van der Waals surface area contributed by atoms with Crippen LogP contribution < -0.4 is 9.47 Å². The van der Waals surface area contributed by atoms with Crippen molar-refractivity contribution in [3.63, 3.8) is 0 Å². The first-order chi connectivity index (χ1) is 8.08. The fraction of sp³-hybridized carbons (Fsp3) is 0.357. The highest BCUT2D eigenvalue weighted by Gasteiger charge is 2.13. The van der Waals surface area contributed by atoms with Gasteiger partial charge in [0, 0.05) is 17.9 Å². The summed E-state index contributed by atoms with van der Waals surface area (Å²) in [6.45, 7) is 6.04. The smallest absolute Gasteiger partial charge is 0.193 e. The summed E-state index contributed by atoms with van der Waals surface area (Å²) in [7, 11) is 1.67. The SMILES string of the molecule is CCc1cc2c(OC)c(C)c(C)cc2c[n+]1[O-]. The third-order valence-corrected chi connectivity index (χ3v) is 3.28. The number of aryl methyl sites for hydroxylation is 2. The lowest BCUT2D eigenvalue weighted by Crippen LogP contribution is -2.30. The summed E-state index contributed by atoms with van der Waals surface area (Å²) < 4.78 is 6.41. The van der Waals surface area contributed by atoms with Crippen molar-refractivity contribution in [2.75, 3.05) is 7.11 Å². The summed E-state index contributed by atoms with van der Waals surface area (Å²) in [5.41, 5.74) is 3.03. The van der Waals surface area contributed by atoms with E-state index < -0.39 is 0 Å². The number of fused-ring (bicyclic) bond motifs is 1. The van der Waals surface area contributed by atoms with Crippen LogP contribution in [-0.4, -0.2) is 7.11 Å². The van der Waals surface area contributed by atoms with Gasteiger partial charge in [0.2, 0.25) is 0 Å². The van der Waals surface area contributed by atoms with Gasteiger partial charge in [0.1, 0.15) is 5.75 Å². The Labute approximate surface area is 101 Å². The van der Waals surface area contributed by atoms with E-state index in [2.05, 4.69) is 0 Å². The molecule has 0 radical (unpaired) electrons. The van der Waals surface area contributed by atoms with Crippen LogP contribution in [0, 0.1) is 19.1 Å². The van der Waals surface area contributed by atoms with Crippen LogP contribution in [0.1, 0.15) is 23.7 Å². The first-order valence-corrected chi connectivity index (χ1v) is 5.78. The molecule has 2 aromatic rings. The van der Waals surface area contributed by atoms with Crippen molar-refractivity contribution < 1.29 is 9.47 Å². The first kappa shape index (κ1) is 11.7. The second-order valence-electron chi connectivity index (χ2n) is 4.30. The molecule has 0 atom stereocenters. The van der Waals surface area contributed by atoms with Gasteiger partial charge in [0.05, 0.1) is 12.5 Å². The predicted molar refractivity (Wildman–Crippen MR) is 68.3 cm³/mol. The minimum Gasteiger partial charge on any atom is -0.618 e. The third-order valence-electron chi connectivity index (χ3n) is 3.28. The third kappa shape index (κ3) is 1.82. The molecule has 0 saturated heterocycles. The molecule has 3 nitrogen and oxygen atoms in total. The number of rotatable bonds is 2. The Morgan fingerprint density at radius 2 is 2.00 bits per heavy atom. The Balaban J connectivity index is 2.86. The maximum atomic E-state index is 11.7. The Morgan fingerprint density at radius 3 is 2.59 bits per heavy atom. The van der Waals surface area contributed by atoms with Crippen LogP contribution in [0.4, 0.5) is 0 Å². The molecule has 0 fully saturated rings. The van der Waals surface area contributed by atoms with Gasteiger partial charge in [-0.15, -0.1) is 0 Å². The maximum absolute atomic E-state index is 11.7. The van der Waals surface area contributed by atoms with E-state index in [-0.39, 0.29) is 0 Å². The van der Waals surface area contributed by atoms with E-state index in [4.69, 9.17) is 4.74 Å². The van der Waals surface area contributed by atoms with Gasteiger partial charge in [-0.2, -0.15) is 4.73 Å². The van der Waals surface area contributed by atoms with Crippen molar-refractivity contribution in [3.8, 4) is 5.75 Å². The van der Waals surface area contributed by atoms with E-state index in [1.54, 1.807) is 13.3 Å². The van der Waals surface area contributed by atoms with Crippen molar-refractivity contribution in [2.24, 2.45) is 0 Å². The van der Waals surface area contributed by atoms with Crippen LogP contribution >= 0.6 is 0 Å². The zero-order chi connectivity index (χ0) is 12.6. The quantitative estimate of drug-likeness (QED) is 0.588. The number of nitrogens with zero attached hydrogens (tertiary/aromatic N) is 1. The molecular formula is C14H17NO2. The second-order valence-corrected chi connectivity index (χ2v) is 4.30. The van der Waals surface area contributed by atoms with Gasteiger partial charge in [-0.3, -0.25) is 0 Å². The van der Waals surface area contributed by atoms with E-state index in [1.165, 1.54) is 0 Å². The minimum absolute atomic E-state index is 0.718. The van der Waals surface area contributed by atoms with Crippen LogP contribution in [0.5, 0.6) is 5.75 Å². The number of methoxy groups -OCH3 is 1. The van der Waals surface area contributed by atoms with Crippen molar-refractivity contribution in [1.29, 1.82) is 0 Å². The van der Waals surface area contributed by atoms with Crippen molar-refractivity contribution >= 4 is 10.8 Å². The van der Waals surface area contributed by atoms with Crippen LogP contribution in [0.15, 0.2) is 18.3 Å². The topological polar surface area (TPSA) is 36.2 Å². The number of benzene rings is 1. The summed E-state index contributed by atoms with van der Waals surface area (Å²) in [4.78, 5) is 0. The van der Waals surface area contributed by atoms with Crippen molar-refractivity contribution in [1.82, 2.24) is 0 Å². The van der Waals surface area contributed by atoms with Crippen LogP contribution in [0.2, 0.25) is 0 Å². The lowest BCUT2D eigenvalue weighted by Gasteiger charge is -2.12. The molecule has 0 N–H and O–H groups in total. The summed E-state index contributed by atoms with van der Waals surface area (Å²) in [6, 6.07) is 3.95. The normalized spacial score (nSPS) is 10.8. The summed E-state index contributed by atoms with van der Waals surface area (Å²) in [6.07, 6.45) is 2.35. The molecule has 1 aromatic carbocycles. The maximum Gasteiger partial charge on any atom is 0.193 e. The zero-order valence-corrected chi connectivity index (χ0v) is 10.7. The highest BCUT2D eigenvalue weighted by molar-refractivity contribution is 5.89. The van der Waals surface area contributed by atoms with Gasteiger partial charge in [0.15, 0.2) is 11.9 Å². The molecular weight excluding hydrogens is 214 g/mol.